The lowest BCUT2D eigenvalue weighted by Crippen LogP contribution is -2.13. The Morgan fingerprint density at radius 3 is 1.22 bits per heavy atom. The highest BCUT2D eigenvalue weighted by molar-refractivity contribution is 5.97. The van der Waals surface area contributed by atoms with Crippen molar-refractivity contribution in [3.63, 3.8) is 0 Å². The van der Waals surface area contributed by atoms with E-state index in [-0.39, 0.29) is 10.9 Å². The van der Waals surface area contributed by atoms with Gasteiger partial charge in [-0.15, -0.1) is 0 Å². The number of benzene rings is 3. The summed E-state index contributed by atoms with van der Waals surface area (Å²) in [6, 6.07) is 19.7. The summed E-state index contributed by atoms with van der Waals surface area (Å²) in [6.07, 6.45) is 0. The second kappa shape index (κ2) is 7.34. The van der Waals surface area contributed by atoms with Crippen molar-refractivity contribution >= 4 is 21.8 Å². The highest BCUT2D eigenvalue weighted by Crippen LogP contribution is 2.27. The molecule has 0 aliphatic carbocycles. The first-order valence-corrected chi connectivity index (χ1v) is 10.7. The molecule has 4 heteroatoms. The zero-order valence-electron chi connectivity index (χ0n) is 18.6. The van der Waals surface area contributed by atoms with Crippen molar-refractivity contribution in [3.8, 4) is 22.5 Å². The van der Waals surface area contributed by atoms with Crippen molar-refractivity contribution in [2.24, 2.45) is 0 Å². The summed E-state index contributed by atoms with van der Waals surface area (Å²) < 4.78 is 0. The smallest absolute Gasteiger partial charge is 0.192 e. The molecule has 0 radical (unpaired) electrons. The number of rotatable bonds is 2. The van der Waals surface area contributed by atoms with Crippen LogP contribution in [-0.4, -0.2) is 9.97 Å². The minimum absolute atomic E-state index is 0.0328. The van der Waals surface area contributed by atoms with Crippen LogP contribution in [0.4, 0.5) is 0 Å². The van der Waals surface area contributed by atoms with Crippen molar-refractivity contribution in [3.05, 3.63) is 103 Å². The normalized spacial score (nSPS) is 11.4. The third-order valence-corrected chi connectivity index (χ3v) is 6.28. The number of fused-ring (bicyclic) bond motifs is 2. The second-order valence-electron chi connectivity index (χ2n) is 8.58. The molecular weight excluding hydrogens is 396 g/mol. The topological polar surface area (TPSA) is 65.7 Å². The first kappa shape index (κ1) is 20.0. The summed E-state index contributed by atoms with van der Waals surface area (Å²) in [7, 11) is 0. The number of hydrogen-bond donors (Lipinski definition) is 2. The molecule has 0 fully saturated rings. The van der Waals surface area contributed by atoms with E-state index in [1.807, 2.05) is 76.2 Å². The summed E-state index contributed by atoms with van der Waals surface area (Å²) in [4.78, 5) is 33.4. The molecule has 0 unspecified atom stereocenters. The zero-order valence-corrected chi connectivity index (χ0v) is 18.6. The van der Waals surface area contributed by atoms with Crippen LogP contribution >= 0.6 is 0 Å². The van der Waals surface area contributed by atoms with Gasteiger partial charge in [-0.1, -0.05) is 59.7 Å². The fraction of sp³-hybridized carbons (Fsp3) is 0.143. The number of hydrogen-bond acceptors (Lipinski definition) is 2. The molecule has 158 valence electrons. The number of aryl methyl sites for hydroxylation is 2. The van der Waals surface area contributed by atoms with Crippen LogP contribution in [0.5, 0.6) is 0 Å². The van der Waals surface area contributed by atoms with Crippen LogP contribution in [0, 0.1) is 27.7 Å². The van der Waals surface area contributed by atoms with Crippen LogP contribution < -0.4 is 10.9 Å². The minimum atomic E-state index is -0.0328. The molecule has 4 nitrogen and oxygen atoms in total. The van der Waals surface area contributed by atoms with Crippen molar-refractivity contribution in [1.29, 1.82) is 0 Å². The van der Waals surface area contributed by atoms with Gasteiger partial charge in [0, 0.05) is 21.9 Å². The maximum Gasteiger partial charge on any atom is 0.192 e. The average molecular weight is 421 g/mol. The SMILES string of the molecule is Cc1ccc(-c2[nH]c3cc4c(=O)c(C)c(-c5ccc(C)cc5)[nH]c4cc3c(=O)c2C)cc1. The largest absolute Gasteiger partial charge is 0.354 e. The fourth-order valence-electron chi connectivity index (χ4n) is 4.29. The van der Waals surface area contributed by atoms with Gasteiger partial charge >= 0.3 is 0 Å². The molecule has 0 aliphatic heterocycles. The van der Waals surface area contributed by atoms with E-state index >= 15 is 0 Å². The molecule has 2 heterocycles. The quantitative estimate of drug-likeness (QED) is 0.347. The van der Waals surface area contributed by atoms with E-state index in [1.165, 1.54) is 0 Å². The van der Waals surface area contributed by atoms with E-state index in [9.17, 15) is 9.59 Å². The first-order chi connectivity index (χ1) is 15.3. The number of aromatic amines is 2. The Morgan fingerprint density at radius 1 is 0.531 bits per heavy atom. The number of aromatic nitrogens is 2. The molecule has 2 N–H and O–H groups in total. The maximum absolute atomic E-state index is 13.3. The highest BCUT2D eigenvalue weighted by Gasteiger charge is 2.15. The first-order valence-electron chi connectivity index (χ1n) is 10.7. The van der Waals surface area contributed by atoms with Crippen LogP contribution in [0.1, 0.15) is 22.3 Å². The number of nitrogens with one attached hydrogen (secondary N) is 2. The zero-order chi connectivity index (χ0) is 22.6. The molecule has 2 aromatic heterocycles. The molecule has 3 aromatic carbocycles. The fourth-order valence-corrected chi connectivity index (χ4v) is 4.29. The summed E-state index contributed by atoms with van der Waals surface area (Å²) in [5, 5.41) is 1.14. The summed E-state index contributed by atoms with van der Waals surface area (Å²) in [5.74, 6) is 0. The van der Waals surface area contributed by atoms with Crippen molar-refractivity contribution < 1.29 is 0 Å². The molecule has 0 atom stereocenters. The summed E-state index contributed by atoms with van der Waals surface area (Å²) in [6.45, 7) is 7.75. The van der Waals surface area contributed by atoms with Gasteiger partial charge in [0.15, 0.2) is 10.9 Å². The van der Waals surface area contributed by atoms with E-state index in [0.29, 0.717) is 32.9 Å². The molecule has 0 bridgehead atoms. The van der Waals surface area contributed by atoms with Crippen LogP contribution in [-0.2, 0) is 0 Å². The third-order valence-electron chi connectivity index (χ3n) is 6.28. The van der Waals surface area contributed by atoms with Crippen molar-refractivity contribution in [2.75, 3.05) is 0 Å². The minimum Gasteiger partial charge on any atom is -0.354 e. The second-order valence-corrected chi connectivity index (χ2v) is 8.58. The van der Waals surface area contributed by atoms with Gasteiger partial charge in [0.2, 0.25) is 0 Å². The van der Waals surface area contributed by atoms with Gasteiger partial charge in [-0.25, -0.2) is 0 Å². The van der Waals surface area contributed by atoms with Gasteiger partial charge in [-0.05, 0) is 51.0 Å². The van der Waals surface area contributed by atoms with Crippen LogP contribution in [0.3, 0.4) is 0 Å². The van der Waals surface area contributed by atoms with E-state index < -0.39 is 0 Å². The monoisotopic (exact) mass is 420 g/mol. The Labute approximate surface area is 185 Å². The van der Waals surface area contributed by atoms with Gasteiger partial charge in [0.1, 0.15) is 0 Å². The van der Waals surface area contributed by atoms with Crippen molar-refractivity contribution in [2.45, 2.75) is 27.7 Å². The lowest BCUT2D eigenvalue weighted by Gasteiger charge is -2.12. The van der Waals surface area contributed by atoms with Gasteiger partial charge in [-0.3, -0.25) is 9.59 Å². The molecular formula is C28H24N2O2. The molecule has 0 spiro atoms. The average Bonchev–Trinajstić information content (AvgIpc) is 2.79. The third kappa shape index (κ3) is 3.16. The summed E-state index contributed by atoms with van der Waals surface area (Å²) >= 11 is 0. The molecule has 32 heavy (non-hydrogen) atoms. The number of pyridine rings is 2. The Hall–Kier alpha value is -3.92. The van der Waals surface area contributed by atoms with Gasteiger partial charge in [0.05, 0.1) is 22.4 Å². The van der Waals surface area contributed by atoms with Crippen LogP contribution in [0.25, 0.3) is 44.3 Å². The Kier molecular flexibility index (Phi) is 4.59. The lowest BCUT2D eigenvalue weighted by molar-refractivity contribution is 1.28. The standard InChI is InChI=1S/C28H24N2O2/c1-15-5-9-19(10-6-15)25-17(3)27(31)21-14-24-22(13-23(21)29-25)28(32)18(4)26(30-24)20-11-7-16(2)8-12-20/h5-14H,1-4H3,(H,29,31)(H,30,32). The van der Waals surface area contributed by atoms with Gasteiger partial charge < -0.3 is 9.97 Å². The van der Waals surface area contributed by atoms with Gasteiger partial charge in [-0.2, -0.15) is 0 Å². The lowest BCUT2D eigenvalue weighted by atomic mass is 9.99. The molecule has 5 rings (SSSR count). The Bertz CT molecular complexity index is 1500. The molecule has 0 saturated carbocycles. The Morgan fingerprint density at radius 2 is 0.875 bits per heavy atom. The Balaban J connectivity index is 1.79. The maximum atomic E-state index is 13.3. The van der Waals surface area contributed by atoms with E-state index in [1.54, 1.807) is 12.1 Å². The van der Waals surface area contributed by atoms with Crippen LogP contribution in [0.15, 0.2) is 70.3 Å². The molecule has 0 amide bonds. The predicted octanol–water partition coefficient (Wildman–Crippen LogP) is 5.94. The number of H-pyrrole nitrogens is 2. The predicted molar refractivity (Wildman–Crippen MR) is 133 cm³/mol. The summed E-state index contributed by atoms with van der Waals surface area (Å²) in [5.41, 5.74) is 8.37. The van der Waals surface area contributed by atoms with Crippen LogP contribution in [0.2, 0.25) is 0 Å². The van der Waals surface area contributed by atoms with E-state index in [4.69, 9.17) is 0 Å². The van der Waals surface area contributed by atoms with E-state index in [0.717, 1.165) is 33.6 Å². The van der Waals surface area contributed by atoms with Crippen molar-refractivity contribution in [1.82, 2.24) is 9.97 Å². The van der Waals surface area contributed by atoms with E-state index in [2.05, 4.69) is 9.97 Å². The molecule has 5 aromatic rings. The van der Waals surface area contributed by atoms with Gasteiger partial charge in [0.25, 0.3) is 0 Å². The molecule has 0 aliphatic rings. The highest BCUT2D eigenvalue weighted by atomic mass is 16.1. The molecule has 0 saturated heterocycles.